The van der Waals surface area contributed by atoms with E-state index < -0.39 is 0 Å². The lowest BCUT2D eigenvalue weighted by Gasteiger charge is -2.34. The van der Waals surface area contributed by atoms with Gasteiger partial charge in [-0.2, -0.15) is 0 Å². The maximum absolute atomic E-state index is 12.4. The molecule has 0 aliphatic carbocycles. The van der Waals surface area contributed by atoms with Crippen LogP contribution in [0.4, 0.5) is 4.79 Å². The average molecular weight is 353 g/mol. The molecule has 138 valence electrons. The van der Waals surface area contributed by atoms with Crippen LogP contribution >= 0.6 is 0 Å². The summed E-state index contributed by atoms with van der Waals surface area (Å²) in [6, 6.07) is 16.5. The Hall–Kier alpha value is -2.53. The molecule has 1 fully saturated rings. The van der Waals surface area contributed by atoms with Crippen molar-refractivity contribution in [3.05, 3.63) is 65.2 Å². The predicted octanol–water partition coefficient (Wildman–Crippen LogP) is 3.03. The van der Waals surface area contributed by atoms with E-state index in [4.69, 9.17) is 4.74 Å². The number of aryl methyl sites for hydroxylation is 1. The second kappa shape index (κ2) is 8.72. The Kier molecular flexibility index (Phi) is 6.12. The van der Waals surface area contributed by atoms with Crippen molar-refractivity contribution >= 4 is 6.03 Å². The van der Waals surface area contributed by atoms with Crippen LogP contribution in [-0.4, -0.2) is 49.1 Å². The number of hydrogen-bond acceptors (Lipinski definition) is 3. The van der Waals surface area contributed by atoms with Gasteiger partial charge >= 0.3 is 6.03 Å². The Bertz CT molecular complexity index is 705. The fraction of sp³-hybridized carbons (Fsp3) is 0.381. The lowest BCUT2D eigenvalue weighted by molar-refractivity contribution is 0.135. The van der Waals surface area contributed by atoms with Crippen LogP contribution in [-0.2, 0) is 13.1 Å². The van der Waals surface area contributed by atoms with Crippen molar-refractivity contribution in [1.82, 2.24) is 15.1 Å². The topological polar surface area (TPSA) is 44.8 Å². The number of piperazine rings is 1. The molecular formula is C21H27N3O2. The van der Waals surface area contributed by atoms with Gasteiger partial charge in [-0.05, 0) is 30.2 Å². The highest BCUT2D eigenvalue weighted by molar-refractivity contribution is 5.74. The van der Waals surface area contributed by atoms with Crippen molar-refractivity contribution in [3.8, 4) is 5.75 Å². The minimum Gasteiger partial charge on any atom is -0.497 e. The van der Waals surface area contributed by atoms with Crippen molar-refractivity contribution in [2.24, 2.45) is 0 Å². The summed E-state index contributed by atoms with van der Waals surface area (Å²) in [5.41, 5.74) is 3.62. The Morgan fingerprint density at radius 1 is 0.962 bits per heavy atom. The zero-order valence-corrected chi connectivity index (χ0v) is 15.6. The minimum absolute atomic E-state index is 0.0228. The highest BCUT2D eigenvalue weighted by atomic mass is 16.5. The number of nitrogens with zero attached hydrogens (tertiary/aromatic N) is 2. The highest BCUT2D eigenvalue weighted by Crippen LogP contribution is 2.14. The van der Waals surface area contributed by atoms with Gasteiger partial charge in [0, 0.05) is 39.3 Å². The van der Waals surface area contributed by atoms with Gasteiger partial charge in [-0.1, -0.05) is 42.0 Å². The molecule has 5 nitrogen and oxygen atoms in total. The summed E-state index contributed by atoms with van der Waals surface area (Å²) < 4.78 is 5.20. The van der Waals surface area contributed by atoms with Crippen LogP contribution in [0.25, 0.3) is 0 Å². The second-order valence-corrected chi connectivity index (χ2v) is 6.76. The number of amides is 2. The summed E-state index contributed by atoms with van der Waals surface area (Å²) in [7, 11) is 1.68. The summed E-state index contributed by atoms with van der Waals surface area (Å²) in [5.74, 6) is 0.879. The molecule has 1 aliphatic heterocycles. The van der Waals surface area contributed by atoms with Gasteiger partial charge in [-0.15, -0.1) is 0 Å². The van der Waals surface area contributed by atoms with E-state index >= 15 is 0 Å². The largest absolute Gasteiger partial charge is 0.497 e. The van der Waals surface area contributed by atoms with E-state index in [2.05, 4.69) is 53.5 Å². The Morgan fingerprint density at radius 2 is 1.58 bits per heavy atom. The molecule has 5 heteroatoms. The van der Waals surface area contributed by atoms with E-state index in [0.29, 0.717) is 6.54 Å². The van der Waals surface area contributed by atoms with Gasteiger partial charge < -0.3 is 15.0 Å². The number of nitrogens with one attached hydrogen (secondary N) is 1. The van der Waals surface area contributed by atoms with E-state index in [1.54, 1.807) is 7.11 Å². The Labute approximate surface area is 155 Å². The van der Waals surface area contributed by atoms with Gasteiger partial charge in [0.25, 0.3) is 0 Å². The summed E-state index contributed by atoms with van der Waals surface area (Å²) in [6.45, 7) is 6.85. The number of benzene rings is 2. The number of ether oxygens (including phenoxy) is 1. The second-order valence-electron chi connectivity index (χ2n) is 6.76. The maximum atomic E-state index is 12.4. The first-order valence-electron chi connectivity index (χ1n) is 9.07. The van der Waals surface area contributed by atoms with Gasteiger partial charge in [0.2, 0.25) is 0 Å². The van der Waals surface area contributed by atoms with E-state index in [1.165, 1.54) is 11.1 Å². The third kappa shape index (κ3) is 4.99. The summed E-state index contributed by atoms with van der Waals surface area (Å²) in [4.78, 5) is 16.6. The van der Waals surface area contributed by atoms with Crippen LogP contribution in [0.3, 0.4) is 0 Å². The van der Waals surface area contributed by atoms with Crippen molar-refractivity contribution in [3.63, 3.8) is 0 Å². The molecule has 2 amide bonds. The first-order valence-corrected chi connectivity index (χ1v) is 9.07. The molecule has 1 N–H and O–H groups in total. The monoisotopic (exact) mass is 353 g/mol. The number of hydrogen-bond donors (Lipinski definition) is 1. The molecule has 0 aromatic heterocycles. The molecular weight excluding hydrogens is 326 g/mol. The molecule has 1 aliphatic rings. The lowest BCUT2D eigenvalue weighted by Crippen LogP contribution is -2.51. The van der Waals surface area contributed by atoms with Gasteiger partial charge in [0.1, 0.15) is 5.75 Å². The Balaban J connectivity index is 1.42. The lowest BCUT2D eigenvalue weighted by atomic mass is 10.1. The third-order valence-electron chi connectivity index (χ3n) is 4.79. The molecule has 0 bridgehead atoms. The van der Waals surface area contributed by atoms with Crippen molar-refractivity contribution < 1.29 is 9.53 Å². The molecule has 0 radical (unpaired) electrons. The van der Waals surface area contributed by atoms with Crippen molar-refractivity contribution in [1.29, 1.82) is 0 Å². The number of carbonyl (C=O) groups excluding carboxylic acids is 1. The number of urea groups is 1. The molecule has 0 saturated carbocycles. The van der Waals surface area contributed by atoms with Crippen LogP contribution in [0.2, 0.25) is 0 Å². The number of rotatable bonds is 5. The van der Waals surface area contributed by atoms with Gasteiger partial charge in [0.15, 0.2) is 0 Å². The summed E-state index contributed by atoms with van der Waals surface area (Å²) in [5, 5.41) is 3.02. The number of carbonyl (C=O) groups is 1. The standard InChI is InChI=1S/C21H27N3O2/c1-17-3-5-18(6-4-17)15-22-21(25)24-13-11-23(12-14-24)16-19-7-9-20(26-2)10-8-19/h3-10H,11-16H2,1-2H3,(H,22,25). The third-order valence-corrected chi connectivity index (χ3v) is 4.79. The quantitative estimate of drug-likeness (QED) is 0.899. The molecule has 3 rings (SSSR count). The van der Waals surface area contributed by atoms with Crippen molar-refractivity contribution in [2.45, 2.75) is 20.0 Å². The van der Waals surface area contributed by atoms with Crippen LogP contribution in [0.1, 0.15) is 16.7 Å². The maximum Gasteiger partial charge on any atom is 0.317 e. The first kappa shape index (κ1) is 18.3. The van der Waals surface area contributed by atoms with E-state index in [0.717, 1.165) is 44.0 Å². The van der Waals surface area contributed by atoms with Crippen molar-refractivity contribution in [2.75, 3.05) is 33.3 Å². The molecule has 2 aromatic rings. The average Bonchev–Trinajstić information content (AvgIpc) is 2.68. The molecule has 0 atom stereocenters. The van der Waals surface area contributed by atoms with Crippen LogP contribution in [0, 0.1) is 6.92 Å². The summed E-state index contributed by atoms with van der Waals surface area (Å²) >= 11 is 0. The zero-order valence-electron chi connectivity index (χ0n) is 15.6. The van der Waals surface area contributed by atoms with E-state index in [-0.39, 0.29) is 6.03 Å². The molecule has 26 heavy (non-hydrogen) atoms. The van der Waals surface area contributed by atoms with Crippen LogP contribution in [0.5, 0.6) is 5.75 Å². The van der Waals surface area contributed by atoms with Gasteiger partial charge in [-0.3, -0.25) is 4.90 Å². The molecule has 0 unspecified atom stereocenters. The van der Waals surface area contributed by atoms with Gasteiger partial charge in [-0.25, -0.2) is 4.79 Å². The normalized spacial score (nSPS) is 14.9. The fourth-order valence-corrected chi connectivity index (χ4v) is 3.09. The summed E-state index contributed by atoms with van der Waals surface area (Å²) in [6.07, 6.45) is 0. The van der Waals surface area contributed by atoms with E-state index in [9.17, 15) is 4.79 Å². The Morgan fingerprint density at radius 3 is 2.19 bits per heavy atom. The molecule has 1 heterocycles. The first-order chi connectivity index (χ1) is 12.6. The minimum atomic E-state index is 0.0228. The highest BCUT2D eigenvalue weighted by Gasteiger charge is 2.20. The number of methoxy groups -OCH3 is 1. The molecule has 1 saturated heterocycles. The zero-order chi connectivity index (χ0) is 18.4. The van der Waals surface area contributed by atoms with Crippen LogP contribution < -0.4 is 10.1 Å². The molecule has 0 spiro atoms. The SMILES string of the molecule is COc1ccc(CN2CCN(C(=O)NCc3ccc(C)cc3)CC2)cc1. The van der Waals surface area contributed by atoms with Crippen LogP contribution in [0.15, 0.2) is 48.5 Å². The van der Waals surface area contributed by atoms with E-state index in [1.807, 2.05) is 17.0 Å². The predicted molar refractivity (Wildman–Crippen MR) is 103 cm³/mol. The smallest absolute Gasteiger partial charge is 0.317 e. The fourth-order valence-electron chi connectivity index (χ4n) is 3.09. The molecule has 2 aromatic carbocycles. The van der Waals surface area contributed by atoms with Gasteiger partial charge in [0.05, 0.1) is 7.11 Å².